The first kappa shape index (κ1) is 8.78. The van der Waals surface area contributed by atoms with E-state index in [4.69, 9.17) is 17.3 Å². The Morgan fingerprint density at radius 1 is 1.62 bits per heavy atom. The summed E-state index contributed by atoms with van der Waals surface area (Å²) in [5.41, 5.74) is 5.80. The molecule has 0 aliphatic carbocycles. The Bertz CT molecular complexity index is 303. The Balaban J connectivity index is 2.21. The topological polar surface area (TPSA) is 42.1 Å². The van der Waals surface area contributed by atoms with Gasteiger partial charge in [-0.3, -0.25) is 0 Å². The molecular formula is C9H12ClN3. The molecule has 2 rings (SSSR count). The Hall–Kier alpha value is -0.800. The maximum Gasteiger partial charge on any atom is 0.147 e. The summed E-state index contributed by atoms with van der Waals surface area (Å²) in [4.78, 5) is 6.37. The zero-order valence-corrected chi connectivity index (χ0v) is 8.04. The van der Waals surface area contributed by atoms with Crippen LogP contribution in [0.3, 0.4) is 0 Å². The van der Waals surface area contributed by atoms with Crippen LogP contribution in [0.5, 0.6) is 0 Å². The zero-order valence-electron chi connectivity index (χ0n) is 7.28. The van der Waals surface area contributed by atoms with E-state index in [9.17, 15) is 0 Å². The van der Waals surface area contributed by atoms with E-state index in [1.54, 1.807) is 6.20 Å². The van der Waals surface area contributed by atoms with Crippen LogP contribution in [0, 0.1) is 0 Å². The van der Waals surface area contributed by atoms with Crippen LogP contribution in [-0.4, -0.2) is 24.1 Å². The molecule has 1 aromatic heterocycles. The molecule has 1 aliphatic rings. The highest BCUT2D eigenvalue weighted by Crippen LogP contribution is 2.24. The summed E-state index contributed by atoms with van der Waals surface area (Å²) in [6, 6.07) is 3.95. The standard InChI is InChI=1S/C9H12ClN3/c10-8-2-1-4-12-9(8)13-5-3-7(11)6-13/h1-2,4,7H,3,5-6,11H2. The van der Waals surface area contributed by atoms with Gasteiger partial charge in [-0.05, 0) is 18.6 Å². The fourth-order valence-corrected chi connectivity index (χ4v) is 1.83. The molecule has 0 amide bonds. The van der Waals surface area contributed by atoms with E-state index >= 15 is 0 Å². The minimum absolute atomic E-state index is 0.262. The molecule has 3 nitrogen and oxygen atoms in total. The second kappa shape index (κ2) is 3.52. The molecule has 0 radical (unpaired) electrons. The molecule has 0 aromatic carbocycles. The molecule has 0 spiro atoms. The number of halogens is 1. The number of nitrogens with zero attached hydrogens (tertiary/aromatic N) is 2. The van der Waals surface area contributed by atoms with Gasteiger partial charge in [0.1, 0.15) is 5.82 Å². The molecule has 1 aliphatic heterocycles. The molecule has 2 N–H and O–H groups in total. The average molecular weight is 198 g/mol. The van der Waals surface area contributed by atoms with Crippen LogP contribution in [0.15, 0.2) is 18.3 Å². The molecule has 2 heterocycles. The van der Waals surface area contributed by atoms with Crippen molar-refractivity contribution in [2.75, 3.05) is 18.0 Å². The number of rotatable bonds is 1. The molecule has 1 saturated heterocycles. The predicted molar refractivity (Wildman–Crippen MR) is 54.1 cm³/mol. The van der Waals surface area contributed by atoms with Crippen molar-refractivity contribution < 1.29 is 0 Å². The van der Waals surface area contributed by atoms with E-state index in [1.807, 2.05) is 12.1 Å². The number of pyridine rings is 1. The lowest BCUT2D eigenvalue weighted by molar-refractivity contribution is 0.751. The van der Waals surface area contributed by atoms with Gasteiger partial charge in [-0.15, -0.1) is 0 Å². The van der Waals surface area contributed by atoms with Crippen molar-refractivity contribution >= 4 is 17.4 Å². The Kier molecular flexibility index (Phi) is 2.38. The van der Waals surface area contributed by atoms with Crippen LogP contribution < -0.4 is 10.6 Å². The van der Waals surface area contributed by atoms with Crippen LogP contribution in [-0.2, 0) is 0 Å². The molecule has 70 valence electrons. The Morgan fingerprint density at radius 2 is 2.46 bits per heavy atom. The quantitative estimate of drug-likeness (QED) is 0.738. The van der Waals surface area contributed by atoms with Crippen LogP contribution in [0.2, 0.25) is 5.02 Å². The van der Waals surface area contributed by atoms with Gasteiger partial charge in [-0.25, -0.2) is 4.98 Å². The molecule has 4 heteroatoms. The van der Waals surface area contributed by atoms with E-state index in [1.165, 1.54) is 0 Å². The van der Waals surface area contributed by atoms with Crippen molar-refractivity contribution in [3.05, 3.63) is 23.4 Å². The van der Waals surface area contributed by atoms with Crippen LogP contribution >= 0.6 is 11.6 Å². The fraction of sp³-hybridized carbons (Fsp3) is 0.444. The van der Waals surface area contributed by atoms with E-state index in [-0.39, 0.29) is 6.04 Å². The summed E-state index contributed by atoms with van der Waals surface area (Å²) in [5, 5.41) is 0.705. The third-order valence-electron chi connectivity index (χ3n) is 2.26. The van der Waals surface area contributed by atoms with E-state index in [0.29, 0.717) is 5.02 Å². The normalized spacial score (nSPS) is 22.3. The molecule has 1 aromatic rings. The smallest absolute Gasteiger partial charge is 0.147 e. The lowest BCUT2D eigenvalue weighted by Gasteiger charge is -2.17. The number of aromatic nitrogens is 1. The fourth-order valence-electron chi connectivity index (χ4n) is 1.59. The molecule has 0 bridgehead atoms. The van der Waals surface area contributed by atoms with Gasteiger partial charge in [0.15, 0.2) is 0 Å². The third kappa shape index (κ3) is 1.76. The van der Waals surface area contributed by atoms with Gasteiger partial charge in [-0.2, -0.15) is 0 Å². The lowest BCUT2D eigenvalue weighted by Crippen LogP contribution is -2.26. The van der Waals surface area contributed by atoms with Crippen molar-refractivity contribution in [3.8, 4) is 0 Å². The summed E-state index contributed by atoms with van der Waals surface area (Å²) >= 11 is 6.01. The van der Waals surface area contributed by atoms with Gasteiger partial charge in [0.05, 0.1) is 5.02 Å². The van der Waals surface area contributed by atoms with E-state index < -0.39 is 0 Å². The molecule has 1 atom stereocenters. The Morgan fingerprint density at radius 3 is 3.08 bits per heavy atom. The molecule has 1 unspecified atom stereocenters. The van der Waals surface area contributed by atoms with E-state index in [0.717, 1.165) is 25.3 Å². The summed E-state index contributed by atoms with van der Waals surface area (Å²) in [6.07, 6.45) is 2.78. The highest BCUT2D eigenvalue weighted by atomic mass is 35.5. The first-order valence-electron chi connectivity index (χ1n) is 4.38. The minimum Gasteiger partial charge on any atom is -0.354 e. The second-order valence-corrected chi connectivity index (χ2v) is 3.71. The highest BCUT2D eigenvalue weighted by molar-refractivity contribution is 6.32. The maximum absolute atomic E-state index is 6.01. The largest absolute Gasteiger partial charge is 0.354 e. The number of hydrogen-bond donors (Lipinski definition) is 1. The summed E-state index contributed by atoms with van der Waals surface area (Å²) in [7, 11) is 0. The lowest BCUT2D eigenvalue weighted by atomic mass is 10.3. The number of anilines is 1. The van der Waals surface area contributed by atoms with Gasteiger partial charge in [0.2, 0.25) is 0 Å². The Labute approximate surface area is 82.5 Å². The summed E-state index contributed by atoms with van der Waals surface area (Å²) in [5.74, 6) is 0.858. The van der Waals surface area contributed by atoms with Crippen LogP contribution in [0.25, 0.3) is 0 Å². The molecule has 1 fully saturated rings. The third-order valence-corrected chi connectivity index (χ3v) is 2.56. The van der Waals surface area contributed by atoms with E-state index in [2.05, 4.69) is 9.88 Å². The number of hydrogen-bond acceptors (Lipinski definition) is 3. The van der Waals surface area contributed by atoms with Gasteiger partial charge < -0.3 is 10.6 Å². The van der Waals surface area contributed by atoms with Gasteiger partial charge in [0, 0.05) is 25.3 Å². The van der Waals surface area contributed by atoms with Crippen molar-refractivity contribution in [3.63, 3.8) is 0 Å². The van der Waals surface area contributed by atoms with Crippen molar-refractivity contribution in [1.82, 2.24) is 4.98 Å². The van der Waals surface area contributed by atoms with Crippen LogP contribution in [0.4, 0.5) is 5.82 Å². The zero-order chi connectivity index (χ0) is 9.26. The van der Waals surface area contributed by atoms with Crippen molar-refractivity contribution in [2.45, 2.75) is 12.5 Å². The monoisotopic (exact) mass is 197 g/mol. The minimum atomic E-state index is 0.262. The van der Waals surface area contributed by atoms with Gasteiger partial charge in [0.25, 0.3) is 0 Å². The van der Waals surface area contributed by atoms with Crippen molar-refractivity contribution in [1.29, 1.82) is 0 Å². The highest BCUT2D eigenvalue weighted by Gasteiger charge is 2.21. The maximum atomic E-state index is 6.01. The second-order valence-electron chi connectivity index (χ2n) is 3.30. The van der Waals surface area contributed by atoms with Crippen LogP contribution in [0.1, 0.15) is 6.42 Å². The van der Waals surface area contributed by atoms with Crippen molar-refractivity contribution in [2.24, 2.45) is 5.73 Å². The SMILES string of the molecule is NC1CCN(c2ncccc2Cl)C1. The number of nitrogens with two attached hydrogens (primary N) is 1. The molecule has 0 saturated carbocycles. The summed E-state index contributed by atoms with van der Waals surface area (Å²) < 4.78 is 0. The molecule has 13 heavy (non-hydrogen) atoms. The first-order chi connectivity index (χ1) is 6.27. The average Bonchev–Trinajstić information content (AvgIpc) is 2.53. The predicted octanol–water partition coefficient (Wildman–Crippen LogP) is 1.27. The van der Waals surface area contributed by atoms with Gasteiger partial charge in [-0.1, -0.05) is 11.6 Å². The first-order valence-corrected chi connectivity index (χ1v) is 4.76. The summed E-state index contributed by atoms with van der Waals surface area (Å²) in [6.45, 7) is 1.81. The molecular weight excluding hydrogens is 186 g/mol. The van der Waals surface area contributed by atoms with Gasteiger partial charge >= 0.3 is 0 Å².